The molecule has 162 valence electrons. The molecule has 0 radical (unpaired) electrons. The number of piperidine rings is 1. The number of aryl methyl sites for hydroxylation is 1. The molecule has 0 aliphatic carbocycles. The van der Waals surface area contributed by atoms with Gasteiger partial charge < -0.3 is 15.1 Å². The van der Waals surface area contributed by atoms with E-state index in [-0.39, 0.29) is 23.8 Å². The lowest BCUT2D eigenvalue weighted by Gasteiger charge is -2.39. The molecule has 2 aromatic rings. The van der Waals surface area contributed by atoms with Gasteiger partial charge in [0, 0.05) is 37.7 Å². The van der Waals surface area contributed by atoms with Crippen molar-refractivity contribution in [2.75, 3.05) is 13.1 Å². The van der Waals surface area contributed by atoms with Crippen LogP contribution in [-0.4, -0.2) is 52.7 Å². The Labute approximate surface area is 183 Å². The molecule has 2 aromatic carbocycles. The lowest BCUT2D eigenvalue weighted by atomic mass is 10.00. The minimum atomic E-state index is -0.417. The van der Waals surface area contributed by atoms with Crippen LogP contribution >= 0.6 is 0 Å². The highest BCUT2D eigenvalue weighted by molar-refractivity contribution is 5.95. The Morgan fingerprint density at radius 1 is 0.968 bits per heavy atom. The van der Waals surface area contributed by atoms with Gasteiger partial charge in [0.15, 0.2) is 0 Å². The van der Waals surface area contributed by atoms with Crippen molar-refractivity contribution in [3.8, 4) is 0 Å². The third-order valence-corrected chi connectivity index (χ3v) is 6.39. The van der Waals surface area contributed by atoms with Gasteiger partial charge in [0.05, 0.1) is 0 Å². The fourth-order valence-corrected chi connectivity index (χ4v) is 4.65. The molecule has 6 heteroatoms. The summed E-state index contributed by atoms with van der Waals surface area (Å²) in [7, 11) is 0. The molecule has 2 fully saturated rings. The van der Waals surface area contributed by atoms with E-state index >= 15 is 0 Å². The van der Waals surface area contributed by atoms with Gasteiger partial charge in [-0.05, 0) is 43.4 Å². The highest BCUT2D eigenvalue weighted by Gasteiger charge is 2.41. The number of amides is 3. The third kappa shape index (κ3) is 4.63. The molecule has 1 N–H and O–H groups in total. The van der Waals surface area contributed by atoms with Crippen molar-refractivity contribution in [1.29, 1.82) is 0 Å². The van der Waals surface area contributed by atoms with Crippen molar-refractivity contribution in [3.05, 3.63) is 71.3 Å². The van der Waals surface area contributed by atoms with E-state index in [9.17, 15) is 14.4 Å². The molecular weight excluding hydrogens is 390 g/mol. The quantitative estimate of drug-likeness (QED) is 0.810. The summed E-state index contributed by atoms with van der Waals surface area (Å²) in [6, 6.07) is 17.0. The highest BCUT2D eigenvalue weighted by Crippen LogP contribution is 2.28. The standard InChI is InChI=1S/C25H29N3O3/c1-18-7-5-6-10-21(18)25(31)27-15-13-20(14-16-27)28-22(11-12-23(28)29)24(30)26-17-19-8-3-2-4-9-19/h2-10,20,22H,11-17H2,1H3,(H,26,30). The number of nitrogens with zero attached hydrogens (tertiary/aromatic N) is 2. The molecular formula is C25H29N3O3. The van der Waals surface area contributed by atoms with Gasteiger partial charge in [-0.3, -0.25) is 14.4 Å². The Balaban J connectivity index is 1.36. The van der Waals surface area contributed by atoms with E-state index in [4.69, 9.17) is 0 Å². The van der Waals surface area contributed by atoms with Crippen molar-refractivity contribution in [2.45, 2.75) is 51.2 Å². The number of likely N-dealkylation sites (tertiary alicyclic amines) is 2. The van der Waals surface area contributed by atoms with Crippen molar-refractivity contribution in [3.63, 3.8) is 0 Å². The van der Waals surface area contributed by atoms with E-state index < -0.39 is 6.04 Å². The van der Waals surface area contributed by atoms with Crippen LogP contribution < -0.4 is 5.32 Å². The third-order valence-electron chi connectivity index (χ3n) is 6.39. The van der Waals surface area contributed by atoms with Crippen LogP contribution in [0.25, 0.3) is 0 Å². The second-order valence-electron chi connectivity index (χ2n) is 8.40. The molecule has 1 atom stereocenters. The van der Waals surface area contributed by atoms with Crippen molar-refractivity contribution in [1.82, 2.24) is 15.1 Å². The van der Waals surface area contributed by atoms with Crippen LogP contribution in [0, 0.1) is 6.92 Å². The van der Waals surface area contributed by atoms with Gasteiger partial charge in [0.2, 0.25) is 11.8 Å². The van der Waals surface area contributed by atoms with Gasteiger partial charge in [0.1, 0.15) is 6.04 Å². The Hall–Kier alpha value is -3.15. The summed E-state index contributed by atoms with van der Waals surface area (Å²) in [5.74, 6) is -0.00175. The summed E-state index contributed by atoms with van der Waals surface area (Å²) < 4.78 is 0. The second-order valence-corrected chi connectivity index (χ2v) is 8.40. The lowest BCUT2D eigenvalue weighted by molar-refractivity contribution is -0.138. The average molecular weight is 420 g/mol. The lowest BCUT2D eigenvalue weighted by Crippen LogP contribution is -2.53. The summed E-state index contributed by atoms with van der Waals surface area (Å²) in [4.78, 5) is 42.0. The highest BCUT2D eigenvalue weighted by atomic mass is 16.2. The van der Waals surface area contributed by atoms with Crippen LogP contribution in [0.3, 0.4) is 0 Å². The molecule has 2 aliphatic heterocycles. The molecule has 1 unspecified atom stereocenters. The molecule has 4 rings (SSSR count). The van der Waals surface area contributed by atoms with Crippen molar-refractivity contribution in [2.24, 2.45) is 0 Å². The largest absolute Gasteiger partial charge is 0.350 e. The van der Waals surface area contributed by atoms with Gasteiger partial charge in [-0.2, -0.15) is 0 Å². The van der Waals surface area contributed by atoms with E-state index in [1.165, 1.54) is 0 Å². The zero-order valence-electron chi connectivity index (χ0n) is 17.9. The van der Waals surface area contributed by atoms with E-state index in [0.29, 0.717) is 45.3 Å². The number of hydrogen-bond acceptors (Lipinski definition) is 3. The summed E-state index contributed by atoms with van der Waals surface area (Å²) in [6.45, 7) is 3.60. The van der Waals surface area contributed by atoms with Gasteiger partial charge in [0.25, 0.3) is 5.91 Å². The van der Waals surface area contributed by atoms with Gasteiger partial charge >= 0.3 is 0 Å². The predicted octanol–water partition coefficient (Wildman–Crippen LogP) is 2.91. The minimum Gasteiger partial charge on any atom is -0.350 e. The van der Waals surface area contributed by atoms with E-state index in [2.05, 4.69) is 5.32 Å². The maximum atomic E-state index is 12.9. The number of rotatable bonds is 5. The molecule has 0 bridgehead atoms. The van der Waals surface area contributed by atoms with Crippen LogP contribution in [0.1, 0.15) is 47.2 Å². The number of benzene rings is 2. The molecule has 6 nitrogen and oxygen atoms in total. The van der Waals surface area contributed by atoms with Gasteiger partial charge in [-0.15, -0.1) is 0 Å². The zero-order chi connectivity index (χ0) is 21.8. The predicted molar refractivity (Wildman–Crippen MR) is 118 cm³/mol. The molecule has 2 heterocycles. The van der Waals surface area contributed by atoms with Crippen LogP contribution in [-0.2, 0) is 16.1 Å². The monoisotopic (exact) mass is 419 g/mol. The maximum Gasteiger partial charge on any atom is 0.254 e. The fourth-order valence-electron chi connectivity index (χ4n) is 4.65. The molecule has 2 saturated heterocycles. The molecule has 0 aromatic heterocycles. The summed E-state index contributed by atoms with van der Waals surface area (Å²) in [5.41, 5.74) is 2.74. The number of nitrogens with one attached hydrogen (secondary N) is 1. The summed E-state index contributed by atoms with van der Waals surface area (Å²) in [6.07, 6.45) is 2.37. The number of carbonyl (C=O) groups is 3. The van der Waals surface area contributed by atoms with Crippen LogP contribution in [0.2, 0.25) is 0 Å². The maximum absolute atomic E-state index is 12.9. The molecule has 0 spiro atoms. The zero-order valence-corrected chi connectivity index (χ0v) is 17.9. The summed E-state index contributed by atoms with van der Waals surface area (Å²) >= 11 is 0. The average Bonchev–Trinajstić information content (AvgIpc) is 3.19. The van der Waals surface area contributed by atoms with Crippen LogP contribution in [0.15, 0.2) is 54.6 Å². The second kappa shape index (κ2) is 9.33. The van der Waals surface area contributed by atoms with Crippen molar-refractivity contribution < 1.29 is 14.4 Å². The van der Waals surface area contributed by atoms with Gasteiger partial charge in [-0.1, -0.05) is 48.5 Å². The molecule has 3 amide bonds. The Morgan fingerprint density at radius 3 is 2.35 bits per heavy atom. The van der Waals surface area contributed by atoms with Gasteiger partial charge in [-0.25, -0.2) is 0 Å². The van der Waals surface area contributed by atoms with E-state index in [1.54, 1.807) is 4.90 Å². The summed E-state index contributed by atoms with van der Waals surface area (Å²) in [5, 5.41) is 2.99. The smallest absolute Gasteiger partial charge is 0.254 e. The first-order valence-electron chi connectivity index (χ1n) is 11.0. The molecule has 0 saturated carbocycles. The Kier molecular flexibility index (Phi) is 6.35. The number of hydrogen-bond donors (Lipinski definition) is 1. The minimum absolute atomic E-state index is 0.00314. The van der Waals surface area contributed by atoms with Crippen LogP contribution in [0.4, 0.5) is 0 Å². The topological polar surface area (TPSA) is 69.7 Å². The van der Waals surface area contributed by atoms with Crippen LogP contribution in [0.5, 0.6) is 0 Å². The molecule has 31 heavy (non-hydrogen) atoms. The van der Waals surface area contributed by atoms with E-state index in [0.717, 1.165) is 16.7 Å². The van der Waals surface area contributed by atoms with E-state index in [1.807, 2.05) is 66.4 Å². The first kappa shape index (κ1) is 21.1. The SMILES string of the molecule is Cc1ccccc1C(=O)N1CCC(N2C(=O)CCC2C(=O)NCc2ccccc2)CC1. The fraction of sp³-hybridized carbons (Fsp3) is 0.400. The first-order valence-corrected chi connectivity index (χ1v) is 11.0. The number of carbonyl (C=O) groups excluding carboxylic acids is 3. The Bertz CT molecular complexity index is 951. The first-order chi connectivity index (χ1) is 15.0. The Morgan fingerprint density at radius 2 is 1.65 bits per heavy atom. The van der Waals surface area contributed by atoms with Crippen molar-refractivity contribution >= 4 is 17.7 Å². The molecule has 2 aliphatic rings. The normalized spacial score (nSPS) is 19.5.